The molecule has 1 atom stereocenters. The molecule has 1 aromatic heterocycles. The largest absolute Gasteiger partial charge is 0.548 e. The summed E-state index contributed by atoms with van der Waals surface area (Å²) in [7, 11) is 1.44. The number of hydrogen-bond acceptors (Lipinski definition) is 6. The maximum Gasteiger partial charge on any atom is 0.340 e. The van der Waals surface area contributed by atoms with Gasteiger partial charge in [0.25, 0.3) is 0 Å². The fraction of sp³-hybridized carbons (Fsp3) is 0.312. The lowest BCUT2D eigenvalue weighted by molar-refractivity contribution is -0.307. The van der Waals surface area contributed by atoms with Gasteiger partial charge in [-0.15, -0.1) is 0 Å². The molecule has 128 valence electrons. The topological polar surface area (TPSA) is 109 Å². The van der Waals surface area contributed by atoms with Crippen LogP contribution in [0.4, 0.5) is 0 Å². The van der Waals surface area contributed by atoms with Gasteiger partial charge in [0.2, 0.25) is 5.91 Å². The van der Waals surface area contributed by atoms with Crippen LogP contribution in [-0.2, 0) is 16.0 Å². The third-order valence-electron chi connectivity index (χ3n) is 3.63. The molecule has 0 spiro atoms. The molecule has 0 aliphatic heterocycles. The van der Waals surface area contributed by atoms with Crippen molar-refractivity contribution in [1.29, 1.82) is 0 Å². The smallest absolute Gasteiger partial charge is 0.340 e. The summed E-state index contributed by atoms with van der Waals surface area (Å²) in [4.78, 5) is 34.7. The van der Waals surface area contributed by atoms with Crippen LogP contribution >= 0.6 is 11.6 Å². The molecule has 0 saturated heterocycles. The van der Waals surface area contributed by atoms with Gasteiger partial charge in [0.15, 0.2) is 0 Å². The van der Waals surface area contributed by atoms with Gasteiger partial charge in [0, 0.05) is 11.5 Å². The Labute approximate surface area is 142 Å². The maximum atomic E-state index is 12.1. The van der Waals surface area contributed by atoms with Gasteiger partial charge in [0.1, 0.15) is 11.3 Å². The van der Waals surface area contributed by atoms with Crippen LogP contribution < -0.4 is 20.8 Å². The molecule has 2 rings (SSSR count). The van der Waals surface area contributed by atoms with E-state index >= 15 is 0 Å². The minimum Gasteiger partial charge on any atom is -0.548 e. The highest BCUT2D eigenvalue weighted by molar-refractivity contribution is 6.32. The van der Waals surface area contributed by atoms with E-state index in [-0.39, 0.29) is 17.6 Å². The molecule has 1 N–H and O–H groups in total. The second-order valence-corrected chi connectivity index (χ2v) is 5.67. The highest BCUT2D eigenvalue weighted by Crippen LogP contribution is 2.31. The third-order valence-corrected chi connectivity index (χ3v) is 3.92. The minimum atomic E-state index is -1.41. The number of halogens is 1. The highest BCUT2D eigenvalue weighted by Gasteiger charge is 2.17. The fourth-order valence-corrected chi connectivity index (χ4v) is 2.50. The van der Waals surface area contributed by atoms with E-state index in [1.54, 1.807) is 13.0 Å². The van der Waals surface area contributed by atoms with Gasteiger partial charge in [-0.2, -0.15) is 0 Å². The molecule has 8 heteroatoms. The summed E-state index contributed by atoms with van der Waals surface area (Å²) in [6.07, 6.45) is -0.314. The van der Waals surface area contributed by atoms with Crippen LogP contribution in [0.2, 0.25) is 5.02 Å². The van der Waals surface area contributed by atoms with E-state index in [1.807, 2.05) is 0 Å². The lowest BCUT2D eigenvalue weighted by Gasteiger charge is -2.15. The van der Waals surface area contributed by atoms with E-state index in [4.69, 9.17) is 20.8 Å². The van der Waals surface area contributed by atoms with Crippen molar-refractivity contribution in [2.24, 2.45) is 0 Å². The number of amides is 1. The van der Waals surface area contributed by atoms with Crippen LogP contribution in [0, 0.1) is 6.92 Å². The first-order chi connectivity index (χ1) is 11.2. The van der Waals surface area contributed by atoms with Crippen LogP contribution in [0.3, 0.4) is 0 Å². The zero-order chi connectivity index (χ0) is 18.0. The Morgan fingerprint density at radius 3 is 2.67 bits per heavy atom. The van der Waals surface area contributed by atoms with Crippen LogP contribution in [0.15, 0.2) is 21.3 Å². The molecule has 0 saturated carbocycles. The molecule has 0 aliphatic carbocycles. The van der Waals surface area contributed by atoms with Crippen LogP contribution in [0.1, 0.15) is 18.1 Å². The summed E-state index contributed by atoms with van der Waals surface area (Å²) >= 11 is 6.08. The standard InChI is InChI=1S/C16H16ClNO6/c1-7-9-4-11(17)13(23-3)6-12(9)24-16(22)10(7)5-14(19)18-8(2)15(20)21/h4,6,8H,5H2,1-3H3,(H,18,19)(H,20,21)/p-1/t8-/m0/s1. The summed E-state index contributed by atoms with van der Waals surface area (Å²) in [5.41, 5.74) is 0.264. The van der Waals surface area contributed by atoms with Gasteiger partial charge in [-0.1, -0.05) is 11.6 Å². The molecule has 7 nitrogen and oxygen atoms in total. The Hall–Kier alpha value is -2.54. The van der Waals surface area contributed by atoms with Gasteiger partial charge in [-0.25, -0.2) is 4.79 Å². The van der Waals surface area contributed by atoms with E-state index in [9.17, 15) is 19.5 Å². The van der Waals surface area contributed by atoms with Crippen molar-refractivity contribution in [3.8, 4) is 5.75 Å². The van der Waals surface area contributed by atoms with E-state index in [2.05, 4.69) is 5.32 Å². The summed E-state index contributed by atoms with van der Waals surface area (Å²) < 4.78 is 10.3. The fourth-order valence-electron chi connectivity index (χ4n) is 2.26. The van der Waals surface area contributed by atoms with E-state index in [0.29, 0.717) is 21.7 Å². The number of carbonyl (C=O) groups is 2. The highest BCUT2D eigenvalue weighted by atomic mass is 35.5. The van der Waals surface area contributed by atoms with E-state index < -0.39 is 23.5 Å². The second-order valence-electron chi connectivity index (χ2n) is 5.26. The average Bonchev–Trinajstić information content (AvgIpc) is 2.51. The lowest BCUT2D eigenvalue weighted by Crippen LogP contribution is -2.46. The summed E-state index contributed by atoms with van der Waals surface area (Å²) in [6.45, 7) is 2.93. The molecule has 0 fully saturated rings. The number of nitrogens with one attached hydrogen (secondary N) is 1. The first kappa shape index (κ1) is 17.8. The number of rotatable bonds is 5. The van der Waals surface area contributed by atoms with Crippen molar-refractivity contribution >= 4 is 34.4 Å². The van der Waals surface area contributed by atoms with Gasteiger partial charge in [-0.05, 0) is 25.5 Å². The van der Waals surface area contributed by atoms with Crippen molar-refractivity contribution in [3.05, 3.63) is 38.7 Å². The molecule has 1 aromatic carbocycles. The predicted octanol–water partition coefficient (Wildman–Crippen LogP) is 0.561. The number of carboxylic acid groups (broad SMARTS) is 1. The molecule has 0 aliphatic rings. The third kappa shape index (κ3) is 3.51. The number of benzene rings is 1. The molecule has 24 heavy (non-hydrogen) atoms. The summed E-state index contributed by atoms with van der Waals surface area (Å²) in [5, 5.41) is 13.8. The molecule has 0 radical (unpaired) electrons. The number of methoxy groups -OCH3 is 1. The first-order valence-corrected chi connectivity index (χ1v) is 7.42. The molecular formula is C16H15ClNO6-. The molecule has 2 aromatic rings. The number of aryl methyl sites for hydroxylation is 1. The number of carbonyl (C=O) groups excluding carboxylic acids is 2. The van der Waals surface area contributed by atoms with Crippen molar-refractivity contribution in [3.63, 3.8) is 0 Å². The second kappa shape index (κ2) is 6.92. The van der Waals surface area contributed by atoms with E-state index in [0.717, 1.165) is 0 Å². The molecule has 0 bridgehead atoms. The lowest BCUT2D eigenvalue weighted by atomic mass is 10.0. The van der Waals surface area contributed by atoms with Gasteiger partial charge in [0.05, 0.1) is 36.1 Å². The number of aliphatic carboxylic acids is 1. The Morgan fingerprint density at radius 1 is 1.42 bits per heavy atom. The zero-order valence-electron chi connectivity index (χ0n) is 13.3. The number of fused-ring (bicyclic) bond motifs is 1. The Kier molecular flexibility index (Phi) is 5.14. The number of hydrogen-bond donors (Lipinski definition) is 1. The number of ether oxygens (including phenoxy) is 1. The molecule has 1 heterocycles. The van der Waals surface area contributed by atoms with Crippen molar-refractivity contribution in [2.45, 2.75) is 26.3 Å². The van der Waals surface area contributed by atoms with Crippen LogP contribution in [0.5, 0.6) is 5.75 Å². The number of carboxylic acids is 1. The average molecular weight is 353 g/mol. The van der Waals surface area contributed by atoms with Crippen molar-refractivity contribution in [1.82, 2.24) is 5.32 Å². The Morgan fingerprint density at radius 2 is 2.08 bits per heavy atom. The van der Waals surface area contributed by atoms with Crippen molar-refractivity contribution in [2.75, 3.05) is 7.11 Å². The normalized spacial score (nSPS) is 12.0. The minimum absolute atomic E-state index is 0.131. The van der Waals surface area contributed by atoms with Crippen LogP contribution in [-0.4, -0.2) is 25.0 Å². The SMILES string of the molecule is COc1cc2oc(=O)c(CC(=O)N[C@@H](C)C(=O)[O-])c(C)c2cc1Cl. The quantitative estimate of drug-likeness (QED) is 0.787. The molecule has 1 amide bonds. The first-order valence-electron chi connectivity index (χ1n) is 7.04. The van der Waals surface area contributed by atoms with Crippen molar-refractivity contribution < 1.29 is 23.8 Å². The Bertz CT molecular complexity index is 873. The van der Waals surface area contributed by atoms with Crippen LogP contribution in [0.25, 0.3) is 11.0 Å². The maximum absolute atomic E-state index is 12.1. The van der Waals surface area contributed by atoms with E-state index in [1.165, 1.54) is 20.1 Å². The van der Waals surface area contributed by atoms with Gasteiger partial charge >= 0.3 is 5.63 Å². The molecular weight excluding hydrogens is 338 g/mol. The van der Waals surface area contributed by atoms with Gasteiger partial charge < -0.3 is 24.4 Å². The Balaban J connectivity index is 2.43. The zero-order valence-corrected chi connectivity index (χ0v) is 14.0. The van der Waals surface area contributed by atoms with Gasteiger partial charge in [-0.3, -0.25) is 4.79 Å². The monoisotopic (exact) mass is 352 g/mol. The molecule has 0 unspecified atom stereocenters. The predicted molar refractivity (Wildman–Crippen MR) is 85.1 cm³/mol. The summed E-state index contributed by atoms with van der Waals surface area (Å²) in [5.74, 6) is -1.68. The summed E-state index contributed by atoms with van der Waals surface area (Å²) in [6, 6.07) is 1.91.